The molecule has 1 aromatic heterocycles. The van der Waals surface area contributed by atoms with Crippen LogP contribution in [0.2, 0.25) is 0 Å². The van der Waals surface area contributed by atoms with Crippen molar-refractivity contribution in [2.75, 3.05) is 12.8 Å². The van der Waals surface area contributed by atoms with Crippen molar-refractivity contribution < 1.29 is 9.47 Å². The lowest BCUT2D eigenvalue weighted by Gasteiger charge is -2.15. The second-order valence-electron chi connectivity index (χ2n) is 4.54. The van der Waals surface area contributed by atoms with Gasteiger partial charge in [-0.2, -0.15) is 4.98 Å². The molecule has 0 saturated carbocycles. The standard InChI is InChI=1S/C14H16BrN3O2/c1-8(2)10-6-9(15)4-5-11(10)20-14-12(19-3)13(16)17-7-18-14/h4-8H,1-3H3,(H2,16,17,18). The SMILES string of the molecule is COc1c(N)ncnc1Oc1ccc(Br)cc1C(C)C. The molecule has 0 aliphatic carbocycles. The molecule has 0 fully saturated rings. The summed E-state index contributed by atoms with van der Waals surface area (Å²) in [5.74, 6) is 1.93. The van der Waals surface area contributed by atoms with Crippen LogP contribution in [0.3, 0.4) is 0 Å². The zero-order valence-electron chi connectivity index (χ0n) is 11.6. The second kappa shape index (κ2) is 6.09. The third-order valence-corrected chi connectivity index (χ3v) is 3.30. The van der Waals surface area contributed by atoms with Crippen LogP contribution in [0.25, 0.3) is 0 Å². The average molecular weight is 338 g/mol. The minimum Gasteiger partial charge on any atom is -0.489 e. The van der Waals surface area contributed by atoms with Crippen LogP contribution in [0.4, 0.5) is 5.82 Å². The van der Waals surface area contributed by atoms with Crippen LogP contribution >= 0.6 is 15.9 Å². The number of nitrogen functional groups attached to an aromatic ring is 1. The van der Waals surface area contributed by atoms with E-state index in [2.05, 4.69) is 39.7 Å². The fourth-order valence-electron chi connectivity index (χ4n) is 1.80. The first kappa shape index (κ1) is 14.6. The molecule has 5 nitrogen and oxygen atoms in total. The Kier molecular flexibility index (Phi) is 4.44. The third-order valence-electron chi connectivity index (χ3n) is 2.80. The van der Waals surface area contributed by atoms with Crippen LogP contribution < -0.4 is 15.2 Å². The van der Waals surface area contributed by atoms with E-state index in [0.29, 0.717) is 17.5 Å². The molecular weight excluding hydrogens is 322 g/mol. The van der Waals surface area contributed by atoms with E-state index in [1.165, 1.54) is 13.4 Å². The van der Waals surface area contributed by atoms with Gasteiger partial charge in [0.1, 0.15) is 12.1 Å². The molecule has 20 heavy (non-hydrogen) atoms. The lowest BCUT2D eigenvalue weighted by Crippen LogP contribution is -2.01. The molecule has 0 saturated heterocycles. The van der Waals surface area contributed by atoms with Crippen LogP contribution in [0.5, 0.6) is 17.4 Å². The van der Waals surface area contributed by atoms with Gasteiger partial charge in [0.2, 0.25) is 5.75 Å². The molecule has 6 heteroatoms. The Morgan fingerprint density at radius 2 is 2.00 bits per heavy atom. The molecule has 0 radical (unpaired) electrons. The van der Waals surface area contributed by atoms with Gasteiger partial charge < -0.3 is 15.2 Å². The third kappa shape index (κ3) is 3.01. The number of anilines is 1. The largest absolute Gasteiger partial charge is 0.489 e. The maximum Gasteiger partial charge on any atom is 0.268 e. The average Bonchev–Trinajstić information content (AvgIpc) is 2.41. The molecule has 0 amide bonds. The van der Waals surface area contributed by atoms with Crippen LogP contribution in [-0.4, -0.2) is 17.1 Å². The first-order valence-electron chi connectivity index (χ1n) is 6.14. The van der Waals surface area contributed by atoms with Crippen LogP contribution in [-0.2, 0) is 0 Å². The minimum atomic E-state index is 0.251. The van der Waals surface area contributed by atoms with Gasteiger partial charge >= 0.3 is 0 Å². The first-order chi connectivity index (χ1) is 9.52. The van der Waals surface area contributed by atoms with Gasteiger partial charge in [-0.05, 0) is 29.7 Å². The molecule has 2 aromatic rings. The number of hydrogen-bond donors (Lipinski definition) is 1. The number of aromatic nitrogens is 2. The minimum absolute atomic E-state index is 0.251. The van der Waals surface area contributed by atoms with Gasteiger partial charge in [0, 0.05) is 4.47 Å². The van der Waals surface area contributed by atoms with Crippen molar-refractivity contribution in [3.05, 3.63) is 34.6 Å². The highest BCUT2D eigenvalue weighted by Crippen LogP contribution is 2.36. The van der Waals surface area contributed by atoms with Crippen LogP contribution in [0.15, 0.2) is 29.0 Å². The predicted octanol–water partition coefficient (Wildman–Crippen LogP) is 3.75. The quantitative estimate of drug-likeness (QED) is 0.919. The summed E-state index contributed by atoms with van der Waals surface area (Å²) in [7, 11) is 1.51. The van der Waals surface area contributed by atoms with E-state index in [4.69, 9.17) is 15.2 Å². The van der Waals surface area contributed by atoms with Crippen molar-refractivity contribution in [1.29, 1.82) is 0 Å². The normalized spacial score (nSPS) is 10.7. The van der Waals surface area contributed by atoms with Gasteiger partial charge in [0.25, 0.3) is 5.88 Å². The topological polar surface area (TPSA) is 70.3 Å². The number of hydrogen-bond acceptors (Lipinski definition) is 5. The fraction of sp³-hybridized carbons (Fsp3) is 0.286. The molecular formula is C14H16BrN3O2. The summed E-state index contributed by atoms with van der Waals surface area (Å²) in [6.07, 6.45) is 1.35. The molecule has 1 heterocycles. The molecule has 2 N–H and O–H groups in total. The summed E-state index contributed by atoms with van der Waals surface area (Å²) in [6, 6.07) is 5.83. The Morgan fingerprint density at radius 1 is 1.25 bits per heavy atom. The number of halogens is 1. The van der Waals surface area contributed by atoms with Crippen molar-refractivity contribution in [3.8, 4) is 17.4 Å². The molecule has 0 spiro atoms. The number of methoxy groups -OCH3 is 1. The molecule has 0 bridgehead atoms. The second-order valence-corrected chi connectivity index (χ2v) is 5.45. The summed E-state index contributed by atoms with van der Waals surface area (Å²) in [5.41, 5.74) is 6.81. The van der Waals surface area contributed by atoms with Crippen LogP contribution in [0.1, 0.15) is 25.3 Å². The summed E-state index contributed by atoms with van der Waals surface area (Å²) < 4.78 is 12.0. The number of rotatable bonds is 4. The Hall–Kier alpha value is -1.82. The maximum absolute atomic E-state index is 5.85. The highest BCUT2D eigenvalue weighted by atomic mass is 79.9. The first-order valence-corrected chi connectivity index (χ1v) is 6.94. The lowest BCUT2D eigenvalue weighted by atomic mass is 10.0. The number of nitrogens with two attached hydrogens (primary N) is 1. The summed E-state index contributed by atoms with van der Waals surface area (Å²) in [4.78, 5) is 7.96. The predicted molar refractivity (Wildman–Crippen MR) is 81.3 cm³/mol. The highest BCUT2D eigenvalue weighted by molar-refractivity contribution is 9.10. The summed E-state index contributed by atoms with van der Waals surface area (Å²) >= 11 is 3.46. The molecule has 0 aliphatic heterocycles. The smallest absolute Gasteiger partial charge is 0.268 e. The number of benzene rings is 1. The molecule has 1 aromatic carbocycles. The van der Waals surface area contributed by atoms with Crippen molar-refractivity contribution in [3.63, 3.8) is 0 Å². The summed E-state index contributed by atoms with van der Waals surface area (Å²) in [5, 5.41) is 0. The number of nitrogens with zero attached hydrogens (tertiary/aromatic N) is 2. The molecule has 0 unspecified atom stereocenters. The Balaban J connectivity index is 2.42. The fourth-order valence-corrected chi connectivity index (χ4v) is 2.18. The van der Waals surface area contributed by atoms with Gasteiger partial charge in [0.05, 0.1) is 7.11 Å². The van der Waals surface area contributed by atoms with E-state index in [-0.39, 0.29) is 5.82 Å². The van der Waals surface area contributed by atoms with Gasteiger partial charge in [-0.25, -0.2) is 4.98 Å². The van der Waals surface area contributed by atoms with E-state index < -0.39 is 0 Å². The summed E-state index contributed by atoms with van der Waals surface area (Å²) in [6.45, 7) is 4.19. The maximum atomic E-state index is 5.85. The van der Waals surface area contributed by atoms with E-state index in [1.807, 2.05) is 18.2 Å². The monoisotopic (exact) mass is 337 g/mol. The molecule has 0 atom stereocenters. The molecule has 0 aliphatic rings. The Labute approximate surface area is 126 Å². The van der Waals surface area contributed by atoms with E-state index in [1.54, 1.807) is 0 Å². The molecule has 106 valence electrons. The van der Waals surface area contributed by atoms with Crippen molar-refractivity contribution in [1.82, 2.24) is 9.97 Å². The zero-order chi connectivity index (χ0) is 14.7. The van der Waals surface area contributed by atoms with E-state index in [9.17, 15) is 0 Å². The lowest BCUT2D eigenvalue weighted by molar-refractivity contribution is 0.367. The van der Waals surface area contributed by atoms with Gasteiger partial charge in [-0.1, -0.05) is 29.8 Å². The number of ether oxygens (including phenoxy) is 2. The van der Waals surface area contributed by atoms with Crippen molar-refractivity contribution >= 4 is 21.7 Å². The Bertz CT molecular complexity index is 617. The van der Waals surface area contributed by atoms with E-state index >= 15 is 0 Å². The van der Waals surface area contributed by atoms with Gasteiger partial charge in [0.15, 0.2) is 5.82 Å². The van der Waals surface area contributed by atoms with Gasteiger partial charge in [-0.15, -0.1) is 0 Å². The van der Waals surface area contributed by atoms with Crippen molar-refractivity contribution in [2.45, 2.75) is 19.8 Å². The van der Waals surface area contributed by atoms with Gasteiger partial charge in [-0.3, -0.25) is 0 Å². The Morgan fingerprint density at radius 3 is 2.65 bits per heavy atom. The van der Waals surface area contributed by atoms with Crippen LogP contribution in [0, 0.1) is 0 Å². The highest BCUT2D eigenvalue weighted by Gasteiger charge is 2.15. The zero-order valence-corrected chi connectivity index (χ0v) is 13.1. The molecule has 2 rings (SSSR count). The van der Waals surface area contributed by atoms with E-state index in [0.717, 1.165) is 15.8 Å². The van der Waals surface area contributed by atoms with Crippen molar-refractivity contribution in [2.24, 2.45) is 0 Å².